The van der Waals surface area contributed by atoms with Crippen molar-refractivity contribution in [1.29, 1.82) is 0 Å². The number of hydrogen-bond acceptors (Lipinski definition) is 2. The van der Waals surface area contributed by atoms with E-state index in [1.165, 1.54) is 25.7 Å². The maximum atomic E-state index is 8.40. The summed E-state index contributed by atoms with van der Waals surface area (Å²) in [6, 6.07) is 0. The summed E-state index contributed by atoms with van der Waals surface area (Å²) in [5, 5.41) is 0. The largest absolute Gasteiger partial charge is 0.235 e. The summed E-state index contributed by atoms with van der Waals surface area (Å²) in [6.07, 6.45) is 6.00. The Hall–Kier alpha value is -0.0500. The van der Waals surface area contributed by atoms with E-state index < -0.39 is 11.6 Å². The molecule has 0 atom stereocenters. The third kappa shape index (κ3) is 5.95. The zero-order valence-electron chi connectivity index (χ0n) is 4.14. The molecule has 0 heterocycles. The highest BCUT2D eigenvalue weighted by Crippen LogP contribution is 2.15. The average Bonchev–Trinajstić information content (AvgIpc) is 1.27. The lowest BCUT2D eigenvalue weighted by Crippen LogP contribution is -1.85. The Morgan fingerprint density at radius 3 is 1.00 bits per heavy atom. The molecule has 0 N–H and O–H groups in total. The van der Waals surface area contributed by atoms with E-state index in [-0.39, 0.29) is 0 Å². The van der Waals surface area contributed by atoms with Gasteiger partial charge in [-0.3, -0.25) is 0 Å². The van der Waals surface area contributed by atoms with Crippen LogP contribution in [0.1, 0.15) is 25.7 Å². The molecule has 2 nitrogen and oxygen atoms in total. The molecule has 1 aliphatic rings. The van der Waals surface area contributed by atoms with Crippen LogP contribution in [-0.2, 0) is 11.6 Å². The first-order valence-corrected chi connectivity index (χ1v) is 3.22. The van der Waals surface area contributed by atoms with Crippen molar-refractivity contribution in [2.75, 3.05) is 0 Å². The summed E-state index contributed by atoms with van der Waals surface area (Å²) in [5.41, 5.74) is 0. The maximum absolute atomic E-state index is 8.40. The standard InChI is InChI=1S/C4H8.H2O2S/c1-2-4-3-1;1-3-2/h1-4H2;3H2. The minimum atomic E-state index is -1.42. The Morgan fingerprint density at radius 2 is 1.00 bits per heavy atom. The van der Waals surface area contributed by atoms with Crippen LogP contribution in [0.5, 0.6) is 0 Å². The van der Waals surface area contributed by atoms with E-state index in [4.69, 9.17) is 8.42 Å². The monoisotopic (exact) mass is 122 g/mol. The molecule has 3 heteroatoms. The van der Waals surface area contributed by atoms with E-state index in [0.29, 0.717) is 0 Å². The quantitative estimate of drug-likeness (QED) is 0.464. The fourth-order valence-corrected chi connectivity index (χ4v) is 0.250. The molecular weight excluding hydrogens is 112 g/mol. The van der Waals surface area contributed by atoms with Crippen LogP contribution in [0.25, 0.3) is 0 Å². The molecular formula is C4H10O2S. The van der Waals surface area contributed by atoms with Crippen molar-refractivity contribution >= 4 is 11.6 Å². The van der Waals surface area contributed by atoms with Crippen LogP contribution in [0.4, 0.5) is 0 Å². The minimum absolute atomic E-state index is 1.42. The van der Waals surface area contributed by atoms with Gasteiger partial charge in [0.15, 0.2) is 0 Å². The topological polar surface area (TPSA) is 34.1 Å². The average molecular weight is 122 g/mol. The SMILES string of the molecule is C1CCC1.O=[SH2]=O. The Morgan fingerprint density at radius 1 is 0.857 bits per heavy atom. The Labute approximate surface area is 46.5 Å². The minimum Gasteiger partial charge on any atom is -0.235 e. The second-order valence-electron chi connectivity index (χ2n) is 1.50. The van der Waals surface area contributed by atoms with Gasteiger partial charge < -0.3 is 0 Å². The fourth-order valence-electron chi connectivity index (χ4n) is 0.250. The summed E-state index contributed by atoms with van der Waals surface area (Å²) < 4.78 is 16.8. The third-order valence-corrected chi connectivity index (χ3v) is 1.000. The molecule has 1 fully saturated rings. The third-order valence-electron chi connectivity index (χ3n) is 1.000. The van der Waals surface area contributed by atoms with E-state index in [2.05, 4.69) is 0 Å². The van der Waals surface area contributed by atoms with Crippen LogP contribution in [0, 0.1) is 0 Å². The zero-order valence-corrected chi connectivity index (χ0v) is 5.14. The molecule has 0 aromatic carbocycles. The van der Waals surface area contributed by atoms with Crippen LogP contribution in [0.15, 0.2) is 0 Å². The molecule has 0 unspecified atom stereocenters. The van der Waals surface area contributed by atoms with Crippen molar-refractivity contribution in [3.63, 3.8) is 0 Å². The molecule has 0 saturated heterocycles. The zero-order chi connectivity index (χ0) is 5.54. The van der Waals surface area contributed by atoms with Crippen molar-refractivity contribution < 1.29 is 8.42 Å². The van der Waals surface area contributed by atoms with Gasteiger partial charge in [0.1, 0.15) is 11.6 Å². The maximum Gasteiger partial charge on any atom is 0.129 e. The fraction of sp³-hybridized carbons (Fsp3) is 1.00. The molecule has 0 aromatic heterocycles. The highest BCUT2D eigenvalue weighted by atomic mass is 32.1. The first kappa shape index (κ1) is 6.95. The van der Waals surface area contributed by atoms with Crippen molar-refractivity contribution in [1.82, 2.24) is 0 Å². The van der Waals surface area contributed by atoms with Crippen LogP contribution >= 0.6 is 0 Å². The van der Waals surface area contributed by atoms with Crippen molar-refractivity contribution in [2.24, 2.45) is 0 Å². The molecule has 0 aliphatic heterocycles. The van der Waals surface area contributed by atoms with Crippen molar-refractivity contribution in [3.05, 3.63) is 0 Å². The van der Waals surface area contributed by atoms with E-state index >= 15 is 0 Å². The molecule has 0 radical (unpaired) electrons. The first-order chi connectivity index (χ1) is 3.41. The second-order valence-corrected chi connectivity index (χ2v) is 1.66. The Balaban J connectivity index is 0.000000110. The van der Waals surface area contributed by atoms with E-state index in [1.807, 2.05) is 0 Å². The highest BCUT2D eigenvalue weighted by Gasteiger charge is 1.95. The highest BCUT2D eigenvalue weighted by molar-refractivity contribution is 7.51. The lowest BCUT2D eigenvalue weighted by molar-refractivity contribution is 0.504. The smallest absolute Gasteiger partial charge is 0.129 e. The Kier molecular flexibility index (Phi) is 5.91. The van der Waals surface area contributed by atoms with E-state index in [9.17, 15) is 0 Å². The molecule has 0 amide bonds. The summed E-state index contributed by atoms with van der Waals surface area (Å²) in [4.78, 5) is 0. The van der Waals surface area contributed by atoms with Gasteiger partial charge in [-0.25, -0.2) is 8.42 Å². The molecule has 0 bridgehead atoms. The van der Waals surface area contributed by atoms with E-state index in [1.54, 1.807) is 0 Å². The molecule has 1 rings (SSSR count). The summed E-state index contributed by atoms with van der Waals surface area (Å²) in [7, 11) is 0. The van der Waals surface area contributed by atoms with Crippen LogP contribution in [-0.4, -0.2) is 8.42 Å². The van der Waals surface area contributed by atoms with Gasteiger partial charge in [-0.15, -0.1) is 0 Å². The predicted molar refractivity (Wildman–Crippen MR) is 30.2 cm³/mol. The normalized spacial score (nSPS) is 16.0. The molecule has 44 valence electrons. The van der Waals surface area contributed by atoms with Gasteiger partial charge in [0.2, 0.25) is 0 Å². The van der Waals surface area contributed by atoms with Crippen molar-refractivity contribution in [3.8, 4) is 0 Å². The first-order valence-electron chi connectivity index (χ1n) is 2.41. The van der Waals surface area contributed by atoms with Gasteiger partial charge in [-0.05, 0) is 0 Å². The molecule has 0 aromatic rings. The lowest BCUT2D eigenvalue weighted by Gasteiger charge is -2.05. The van der Waals surface area contributed by atoms with Gasteiger partial charge in [0.05, 0.1) is 0 Å². The summed E-state index contributed by atoms with van der Waals surface area (Å²) in [6.45, 7) is 0. The Bertz CT molecular complexity index is 58.1. The van der Waals surface area contributed by atoms with Gasteiger partial charge in [0, 0.05) is 0 Å². The summed E-state index contributed by atoms with van der Waals surface area (Å²) in [5.74, 6) is 0. The van der Waals surface area contributed by atoms with Crippen molar-refractivity contribution in [2.45, 2.75) is 25.7 Å². The van der Waals surface area contributed by atoms with Gasteiger partial charge in [0.25, 0.3) is 0 Å². The van der Waals surface area contributed by atoms with E-state index in [0.717, 1.165) is 0 Å². The second kappa shape index (κ2) is 5.95. The molecule has 7 heavy (non-hydrogen) atoms. The molecule has 1 saturated carbocycles. The lowest BCUT2D eigenvalue weighted by atomic mass is 10.0. The number of hydrogen-bond donors (Lipinski definition) is 0. The predicted octanol–water partition coefficient (Wildman–Crippen LogP) is 0.355. The van der Waals surface area contributed by atoms with Crippen LogP contribution < -0.4 is 0 Å². The molecule has 0 spiro atoms. The summed E-state index contributed by atoms with van der Waals surface area (Å²) >= 11 is -1.42. The number of rotatable bonds is 0. The van der Waals surface area contributed by atoms with Gasteiger partial charge in [-0.2, -0.15) is 0 Å². The van der Waals surface area contributed by atoms with Gasteiger partial charge >= 0.3 is 0 Å². The van der Waals surface area contributed by atoms with Crippen LogP contribution in [0.3, 0.4) is 0 Å². The van der Waals surface area contributed by atoms with Crippen LogP contribution in [0.2, 0.25) is 0 Å². The molecule has 1 aliphatic carbocycles. The van der Waals surface area contributed by atoms with Gasteiger partial charge in [-0.1, -0.05) is 25.7 Å².